The molecule has 0 radical (unpaired) electrons. The van der Waals surface area contributed by atoms with Crippen molar-refractivity contribution in [2.24, 2.45) is 0 Å². The monoisotopic (exact) mass is 292 g/mol. The Morgan fingerprint density at radius 1 is 1.19 bits per heavy atom. The smallest absolute Gasteiger partial charge is 0.321 e. The first-order valence-corrected chi connectivity index (χ1v) is 7.22. The van der Waals surface area contributed by atoms with Crippen LogP contribution in [0.2, 0.25) is 0 Å². The van der Waals surface area contributed by atoms with Crippen LogP contribution in [0.15, 0.2) is 18.2 Å². The second-order valence-corrected chi connectivity index (χ2v) is 5.29. The molecule has 0 spiro atoms. The van der Waals surface area contributed by atoms with Gasteiger partial charge in [-0.15, -0.1) is 0 Å². The van der Waals surface area contributed by atoms with Crippen LogP contribution in [0.25, 0.3) is 0 Å². The first-order chi connectivity index (χ1) is 9.91. The van der Waals surface area contributed by atoms with Crippen LogP contribution in [-0.2, 0) is 4.79 Å². The lowest BCUT2D eigenvalue weighted by Gasteiger charge is -2.20. The third kappa shape index (κ3) is 5.85. The highest BCUT2D eigenvalue weighted by Crippen LogP contribution is 2.19. The molecule has 0 aromatic heterocycles. The first-order valence-electron chi connectivity index (χ1n) is 7.22. The summed E-state index contributed by atoms with van der Waals surface area (Å²) in [6.07, 6.45) is 2.44. The van der Waals surface area contributed by atoms with Gasteiger partial charge in [0, 0.05) is 25.7 Å². The van der Waals surface area contributed by atoms with Crippen LogP contribution in [0.1, 0.15) is 36.8 Å². The number of nitrogens with zero attached hydrogens (tertiary/aromatic N) is 1. The molecule has 0 aliphatic carbocycles. The number of hydrogen-bond acceptors (Lipinski definition) is 2. The van der Waals surface area contributed by atoms with Gasteiger partial charge in [0.05, 0.1) is 0 Å². The SMILES string of the molecule is Cc1ccc(N(C)C(=O)NCCCCCC(=O)O)c(C)c1. The van der Waals surface area contributed by atoms with E-state index < -0.39 is 5.97 Å². The number of aryl methyl sites for hydroxylation is 2. The average molecular weight is 292 g/mol. The number of carbonyl (C=O) groups excluding carboxylic acids is 1. The summed E-state index contributed by atoms with van der Waals surface area (Å²) in [5, 5.41) is 11.4. The molecular weight excluding hydrogens is 268 g/mol. The van der Waals surface area contributed by atoms with E-state index in [4.69, 9.17) is 5.11 Å². The zero-order valence-electron chi connectivity index (χ0n) is 13.0. The van der Waals surface area contributed by atoms with Crippen molar-refractivity contribution in [1.82, 2.24) is 5.32 Å². The van der Waals surface area contributed by atoms with Crippen molar-refractivity contribution in [1.29, 1.82) is 0 Å². The number of unbranched alkanes of at least 4 members (excludes halogenated alkanes) is 2. The highest BCUT2D eigenvalue weighted by molar-refractivity contribution is 5.92. The van der Waals surface area contributed by atoms with E-state index in [-0.39, 0.29) is 12.5 Å². The van der Waals surface area contributed by atoms with Crippen molar-refractivity contribution in [3.63, 3.8) is 0 Å². The highest BCUT2D eigenvalue weighted by Gasteiger charge is 2.12. The molecular formula is C16H24N2O3. The topological polar surface area (TPSA) is 69.6 Å². The number of anilines is 1. The number of aliphatic carboxylic acids is 1. The molecule has 1 aromatic rings. The Morgan fingerprint density at radius 2 is 1.90 bits per heavy atom. The molecule has 5 heteroatoms. The Balaban J connectivity index is 2.36. The Labute approximate surface area is 126 Å². The van der Waals surface area contributed by atoms with Crippen molar-refractivity contribution in [2.75, 3.05) is 18.5 Å². The predicted molar refractivity (Wildman–Crippen MR) is 83.8 cm³/mol. The fourth-order valence-electron chi connectivity index (χ4n) is 2.18. The zero-order chi connectivity index (χ0) is 15.8. The van der Waals surface area contributed by atoms with Crippen LogP contribution in [0, 0.1) is 13.8 Å². The van der Waals surface area contributed by atoms with Crippen LogP contribution in [0.3, 0.4) is 0 Å². The molecule has 21 heavy (non-hydrogen) atoms. The Bertz CT molecular complexity index is 500. The summed E-state index contributed by atoms with van der Waals surface area (Å²) in [5.74, 6) is -0.770. The summed E-state index contributed by atoms with van der Waals surface area (Å²) in [6.45, 7) is 4.57. The number of benzene rings is 1. The maximum atomic E-state index is 12.0. The van der Waals surface area contributed by atoms with Gasteiger partial charge in [-0.2, -0.15) is 0 Å². The van der Waals surface area contributed by atoms with E-state index >= 15 is 0 Å². The van der Waals surface area contributed by atoms with Crippen LogP contribution in [-0.4, -0.2) is 30.7 Å². The Hall–Kier alpha value is -2.04. The van der Waals surface area contributed by atoms with Crippen LogP contribution < -0.4 is 10.2 Å². The highest BCUT2D eigenvalue weighted by atomic mass is 16.4. The van der Waals surface area contributed by atoms with E-state index in [2.05, 4.69) is 5.32 Å². The second-order valence-electron chi connectivity index (χ2n) is 5.29. The fraction of sp³-hybridized carbons (Fsp3) is 0.500. The molecule has 0 aliphatic rings. The van der Waals surface area contributed by atoms with Gasteiger partial charge in [0.25, 0.3) is 0 Å². The van der Waals surface area contributed by atoms with Gasteiger partial charge in [0.2, 0.25) is 0 Å². The fourth-order valence-corrected chi connectivity index (χ4v) is 2.18. The zero-order valence-corrected chi connectivity index (χ0v) is 13.0. The van der Waals surface area contributed by atoms with Gasteiger partial charge in [0.15, 0.2) is 0 Å². The number of amides is 2. The van der Waals surface area contributed by atoms with Gasteiger partial charge in [-0.3, -0.25) is 9.69 Å². The standard InChI is InChI=1S/C16H24N2O3/c1-12-8-9-14(13(2)11-12)18(3)16(21)17-10-6-4-5-7-15(19)20/h8-9,11H,4-7,10H2,1-3H3,(H,17,21)(H,19,20). The summed E-state index contributed by atoms with van der Waals surface area (Å²) >= 11 is 0. The van der Waals surface area contributed by atoms with Gasteiger partial charge in [-0.05, 0) is 38.3 Å². The molecule has 5 nitrogen and oxygen atoms in total. The molecule has 0 fully saturated rings. The van der Waals surface area contributed by atoms with E-state index in [9.17, 15) is 9.59 Å². The maximum absolute atomic E-state index is 12.0. The van der Waals surface area contributed by atoms with E-state index in [1.165, 1.54) is 5.56 Å². The molecule has 0 unspecified atom stereocenters. The quantitative estimate of drug-likeness (QED) is 0.759. The van der Waals surface area contributed by atoms with Crippen LogP contribution in [0.5, 0.6) is 0 Å². The molecule has 2 amide bonds. The van der Waals surface area contributed by atoms with Crippen LogP contribution >= 0.6 is 0 Å². The number of carbonyl (C=O) groups is 2. The number of carboxylic acid groups (broad SMARTS) is 1. The molecule has 2 N–H and O–H groups in total. The largest absolute Gasteiger partial charge is 0.481 e. The molecule has 1 rings (SSSR count). The van der Waals surface area contributed by atoms with Gasteiger partial charge in [-0.1, -0.05) is 24.1 Å². The number of rotatable bonds is 7. The van der Waals surface area contributed by atoms with Gasteiger partial charge in [0.1, 0.15) is 0 Å². The lowest BCUT2D eigenvalue weighted by Crippen LogP contribution is -2.38. The molecule has 0 bridgehead atoms. The molecule has 0 aliphatic heterocycles. The summed E-state index contributed by atoms with van der Waals surface area (Å²) in [7, 11) is 1.75. The van der Waals surface area contributed by atoms with Gasteiger partial charge < -0.3 is 10.4 Å². The van der Waals surface area contributed by atoms with E-state index in [1.807, 2.05) is 32.0 Å². The summed E-state index contributed by atoms with van der Waals surface area (Å²) < 4.78 is 0. The number of urea groups is 1. The maximum Gasteiger partial charge on any atom is 0.321 e. The third-order valence-corrected chi connectivity index (χ3v) is 3.36. The lowest BCUT2D eigenvalue weighted by molar-refractivity contribution is -0.137. The molecule has 1 aromatic carbocycles. The summed E-state index contributed by atoms with van der Waals surface area (Å²) in [5.41, 5.74) is 3.13. The predicted octanol–water partition coefficient (Wildman–Crippen LogP) is 3.09. The van der Waals surface area contributed by atoms with Crippen molar-refractivity contribution < 1.29 is 14.7 Å². The lowest BCUT2D eigenvalue weighted by atomic mass is 10.1. The third-order valence-electron chi connectivity index (χ3n) is 3.36. The van der Waals surface area contributed by atoms with Crippen molar-refractivity contribution in [3.8, 4) is 0 Å². The molecule has 0 atom stereocenters. The molecule has 0 heterocycles. The minimum Gasteiger partial charge on any atom is -0.481 e. The van der Waals surface area contributed by atoms with Gasteiger partial charge >= 0.3 is 12.0 Å². The van der Waals surface area contributed by atoms with E-state index in [1.54, 1.807) is 11.9 Å². The van der Waals surface area contributed by atoms with Gasteiger partial charge in [-0.25, -0.2) is 4.79 Å². The number of nitrogens with one attached hydrogen (secondary N) is 1. The summed E-state index contributed by atoms with van der Waals surface area (Å²) in [4.78, 5) is 24.0. The average Bonchev–Trinajstić information content (AvgIpc) is 2.41. The minimum absolute atomic E-state index is 0.139. The van der Waals surface area contributed by atoms with Crippen molar-refractivity contribution in [2.45, 2.75) is 39.5 Å². The van der Waals surface area contributed by atoms with Crippen molar-refractivity contribution in [3.05, 3.63) is 29.3 Å². The summed E-state index contributed by atoms with van der Waals surface area (Å²) in [6, 6.07) is 5.83. The Morgan fingerprint density at radius 3 is 2.52 bits per heavy atom. The van der Waals surface area contributed by atoms with E-state index in [0.717, 1.165) is 24.1 Å². The second kappa shape index (κ2) is 8.29. The molecule has 0 saturated carbocycles. The normalized spacial score (nSPS) is 10.2. The molecule has 116 valence electrons. The molecule has 0 saturated heterocycles. The first kappa shape index (κ1) is 17.0. The van der Waals surface area contributed by atoms with E-state index in [0.29, 0.717) is 13.0 Å². The van der Waals surface area contributed by atoms with Crippen LogP contribution in [0.4, 0.5) is 10.5 Å². The number of carboxylic acids is 1. The number of hydrogen-bond donors (Lipinski definition) is 2. The van der Waals surface area contributed by atoms with Crippen molar-refractivity contribution >= 4 is 17.7 Å². The minimum atomic E-state index is -0.770. The Kier molecular flexibility index (Phi) is 6.72.